The molecule has 0 amide bonds. The molecule has 0 spiro atoms. The molecular formula is C20H26N2O2. The molecule has 4 rings (SSSR count). The minimum Gasteiger partial charge on any atom is -0.497 e. The molecule has 4 heteroatoms. The molecule has 2 fully saturated rings. The van der Waals surface area contributed by atoms with E-state index in [1.54, 1.807) is 7.11 Å². The van der Waals surface area contributed by atoms with Gasteiger partial charge >= 0.3 is 0 Å². The van der Waals surface area contributed by atoms with E-state index in [1.165, 1.54) is 25.7 Å². The van der Waals surface area contributed by atoms with E-state index in [-0.39, 0.29) is 11.0 Å². The van der Waals surface area contributed by atoms with Gasteiger partial charge in [0, 0.05) is 11.5 Å². The third kappa shape index (κ3) is 2.94. The molecule has 2 unspecified atom stereocenters. The van der Waals surface area contributed by atoms with Gasteiger partial charge in [0.25, 0.3) is 5.56 Å². The predicted octanol–water partition coefficient (Wildman–Crippen LogP) is 4.18. The van der Waals surface area contributed by atoms with E-state index in [2.05, 4.69) is 11.9 Å². The lowest BCUT2D eigenvalue weighted by Gasteiger charge is -2.14. The van der Waals surface area contributed by atoms with E-state index in [0.29, 0.717) is 0 Å². The Labute approximate surface area is 142 Å². The van der Waals surface area contributed by atoms with Crippen LogP contribution < -0.4 is 10.3 Å². The van der Waals surface area contributed by atoms with Crippen molar-refractivity contribution in [2.75, 3.05) is 7.11 Å². The van der Waals surface area contributed by atoms with E-state index in [9.17, 15) is 4.79 Å². The molecule has 1 N–H and O–H groups in total. The summed E-state index contributed by atoms with van der Waals surface area (Å²) in [7, 11) is 1.63. The van der Waals surface area contributed by atoms with Crippen LogP contribution in [0.1, 0.15) is 57.6 Å². The minimum absolute atomic E-state index is 0.0240. The van der Waals surface area contributed by atoms with Crippen LogP contribution in [0.2, 0.25) is 0 Å². The van der Waals surface area contributed by atoms with Crippen molar-refractivity contribution in [3.63, 3.8) is 0 Å². The van der Waals surface area contributed by atoms with Gasteiger partial charge in [-0.25, -0.2) is 4.98 Å². The number of rotatable bonds is 7. The number of hydrogen-bond donors (Lipinski definition) is 1. The molecule has 2 aliphatic rings. The van der Waals surface area contributed by atoms with Gasteiger partial charge in [0.2, 0.25) is 0 Å². The molecule has 0 bridgehead atoms. The normalized spacial score (nSPS) is 24.1. The van der Waals surface area contributed by atoms with Gasteiger partial charge in [0.15, 0.2) is 0 Å². The lowest BCUT2D eigenvalue weighted by Crippen LogP contribution is -2.23. The molecule has 1 aromatic heterocycles. The van der Waals surface area contributed by atoms with Gasteiger partial charge in [0.1, 0.15) is 11.4 Å². The van der Waals surface area contributed by atoms with Crippen molar-refractivity contribution in [2.24, 2.45) is 11.8 Å². The average molecular weight is 326 g/mol. The Morgan fingerprint density at radius 2 is 2.12 bits per heavy atom. The zero-order valence-corrected chi connectivity index (χ0v) is 14.6. The summed E-state index contributed by atoms with van der Waals surface area (Å²) in [5, 5.41) is 0. The molecule has 1 aromatic carbocycles. The highest BCUT2D eigenvalue weighted by Crippen LogP contribution is 2.51. The fourth-order valence-electron chi connectivity index (χ4n) is 3.98. The van der Waals surface area contributed by atoms with E-state index in [4.69, 9.17) is 9.72 Å². The number of ether oxygens (including phenoxy) is 1. The van der Waals surface area contributed by atoms with Gasteiger partial charge in [-0.3, -0.25) is 4.79 Å². The Morgan fingerprint density at radius 3 is 2.79 bits per heavy atom. The van der Waals surface area contributed by atoms with Gasteiger partial charge in [-0.2, -0.15) is 0 Å². The van der Waals surface area contributed by atoms with Gasteiger partial charge in [-0.15, -0.1) is 0 Å². The van der Waals surface area contributed by atoms with Crippen LogP contribution >= 0.6 is 0 Å². The first-order chi connectivity index (χ1) is 11.6. The van der Waals surface area contributed by atoms with Gasteiger partial charge < -0.3 is 9.72 Å². The van der Waals surface area contributed by atoms with Crippen molar-refractivity contribution >= 4 is 11.0 Å². The number of unbranched alkanes of at least 4 members (excludes halogenated alkanes) is 1. The fraction of sp³-hybridized carbons (Fsp3) is 0.600. The Hall–Kier alpha value is -1.84. The quantitative estimate of drug-likeness (QED) is 0.777. The zero-order valence-electron chi connectivity index (χ0n) is 14.6. The maximum absolute atomic E-state index is 12.6. The molecule has 128 valence electrons. The van der Waals surface area contributed by atoms with Crippen LogP contribution in [-0.4, -0.2) is 17.1 Å². The summed E-state index contributed by atoms with van der Waals surface area (Å²) < 4.78 is 5.22. The number of benzene rings is 1. The molecule has 0 radical (unpaired) electrons. The van der Waals surface area contributed by atoms with Crippen LogP contribution in [0.25, 0.3) is 11.0 Å². The van der Waals surface area contributed by atoms with Crippen LogP contribution in [0.3, 0.4) is 0 Å². The monoisotopic (exact) mass is 326 g/mol. The molecule has 24 heavy (non-hydrogen) atoms. The number of fused-ring (bicyclic) bond motifs is 1. The Bertz CT molecular complexity index is 807. The summed E-state index contributed by atoms with van der Waals surface area (Å²) in [6, 6.07) is 5.66. The number of nitrogens with zero attached hydrogens (tertiary/aromatic N) is 1. The highest BCUT2D eigenvalue weighted by Gasteiger charge is 2.47. The largest absolute Gasteiger partial charge is 0.497 e. The number of aromatic amines is 1. The molecule has 0 aliphatic heterocycles. The number of H-pyrrole nitrogens is 1. The highest BCUT2D eigenvalue weighted by molar-refractivity contribution is 5.76. The van der Waals surface area contributed by atoms with Crippen LogP contribution in [0, 0.1) is 11.8 Å². The van der Waals surface area contributed by atoms with Crippen molar-refractivity contribution < 1.29 is 4.74 Å². The van der Waals surface area contributed by atoms with Crippen molar-refractivity contribution in [3.8, 4) is 5.75 Å². The summed E-state index contributed by atoms with van der Waals surface area (Å²) in [5.41, 5.74) is 2.37. The third-order valence-electron chi connectivity index (χ3n) is 6.01. The SMILES string of the molecule is COc1ccc2nc(C3(CCCCC4CC4C)CC3)c(=O)[nH]c2c1. The molecule has 2 aliphatic carbocycles. The summed E-state index contributed by atoms with van der Waals surface area (Å²) in [4.78, 5) is 20.3. The fourth-order valence-corrected chi connectivity index (χ4v) is 3.98. The van der Waals surface area contributed by atoms with E-state index in [1.807, 2.05) is 18.2 Å². The molecule has 2 saturated carbocycles. The van der Waals surface area contributed by atoms with Gasteiger partial charge in [-0.05, 0) is 49.7 Å². The zero-order chi connectivity index (χ0) is 16.7. The molecule has 4 nitrogen and oxygen atoms in total. The Kier molecular flexibility index (Phi) is 3.86. The molecular weight excluding hydrogens is 300 g/mol. The first-order valence-electron chi connectivity index (χ1n) is 9.20. The molecule has 2 aromatic rings. The maximum atomic E-state index is 12.6. The second-order valence-corrected chi connectivity index (χ2v) is 7.80. The number of nitrogens with one attached hydrogen (secondary N) is 1. The first kappa shape index (κ1) is 15.7. The summed E-state index contributed by atoms with van der Waals surface area (Å²) in [6.07, 6.45) is 8.59. The van der Waals surface area contributed by atoms with Crippen LogP contribution in [-0.2, 0) is 5.41 Å². The number of aromatic nitrogens is 2. The van der Waals surface area contributed by atoms with Gasteiger partial charge in [-0.1, -0.05) is 26.2 Å². The lowest BCUT2D eigenvalue weighted by molar-refractivity contribution is 0.415. The first-order valence-corrected chi connectivity index (χ1v) is 9.20. The Morgan fingerprint density at radius 1 is 1.33 bits per heavy atom. The van der Waals surface area contributed by atoms with Crippen LogP contribution in [0.5, 0.6) is 5.75 Å². The van der Waals surface area contributed by atoms with Crippen molar-refractivity contribution in [2.45, 2.75) is 57.3 Å². The minimum atomic E-state index is -0.0240. The maximum Gasteiger partial charge on any atom is 0.270 e. The van der Waals surface area contributed by atoms with Crippen molar-refractivity contribution in [1.29, 1.82) is 0 Å². The van der Waals surface area contributed by atoms with E-state index in [0.717, 1.165) is 53.6 Å². The average Bonchev–Trinajstić information content (AvgIpc) is 3.49. The summed E-state index contributed by atoms with van der Waals surface area (Å²) >= 11 is 0. The predicted molar refractivity (Wildman–Crippen MR) is 95.6 cm³/mol. The number of hydrogen-bond acceptors (Lipinski definition) is 3. The molecule has 0 saturated heterocycles. The van der Waals surface area contributed by atoms with Gasteiger partial charge in [0.05, 0.1) is 18.1 Å². The third-order valence-corrected chi connectivity index (χ3v) is 6.01. The summed E-state index contributed by atoms with van der Waals surface area (Å²) in [6.45, 7) is 2.35. The second kappa shape index (κ2) is 5.91. The highest BCUT2D eigenvalue weighted by atomic mass is 16.5. The van der Waals surface area contributed by atoms with Crippen LogP contribution in [0.15, 0.2) is 23.0 Å². The lowest BCUT2D eigenvalue weighted by atomic mass is 9.94. The number of methoxy groups -OCH3 is 1. The van der Waals surface area contributed by atoms with E-state index < -0.39 is 0 Å². The van der Waals surface area contributed by atoms with Crippen molar-refractivity contribution in [3.05, 3.63) is 34.2 Å². The van der Waals surface area contributed by atoms with Crippen LogP contribution in [0.4, 0.5) is 0 Å². The topological polar surface area (TPSA) is 55.0 Å². The standard InChI is InChI=1S/C20H26N2O2/c1-13-11-14(13)5-3-4-8-20(9-10-20)18-19(23)22-17-12-15(24-2)6-7-16(17)21-18/h6-7,12-14H,3-5,8-11H2,1-2H3,(H,22,23). The molecule has 1 heterocycles. The molecule has 2 atom stereocenters. The smallest absolute Gasteiger partial charge is 0.270 e. The second-order valence-electron chi connectivity index (χ2n) is 7.80. The van der Waals surface area contributed by atoms with Crippen molar-refractivity contribution in [1.82, 2.24) is 9.97 Å². The summed E-state index contributed by atoms with van der Waals surface area (Å²) in [5.74, 6) is 2.65. The Balaban J connectivity index is 1.50. The van der Waals surface area contributed by atoms with E-state index >= 15 is 0 Å².